The van der Waals surface area contributed by atoms with Gasteiger partial charge in [-0.1, -0.05) is 0 Å². The Morgan fingerprint density at radius 1 is 1.30 bits per heavy atom. The first-order valence-corrected chi connectivity index (χ1v) is 8.10. The highest BCUT2D eigenvalue weighted by atomic mass is 15.2. The van der Waals surface area contributed by atoms with E-state index < -0.39 is 0 Å². The molecule has 2 aliphatic rings. The highest BCUT2D eigenvalue weighted by Gasteiger charge is 2.32. The van der Waals surface area contributed by atoms with Gasteiger partial charge in [-0.15, -0.1) is 0 Å². The number of rotatable bonds is 7. The Hall–Kier alpha value is -0.630. The van der Waals surface area contributed by atoms with E-state index in [1.165, 1.54) is 38.8 Å². The number of piperidine rings is 1. The second kappa shape index (κ2) is 6.89. The Morgan fingerprint density at radius 2 is 1.95 bits per heavy atom. The maximum atomic E-state index is 9.37. The van der Waals surface area contributed by atoms with Crippen LogP contribution in [0.25, 0.3) is 0 Å². The van der Waals surface area contributed by atoms with Crippen LogP contribution in [-0.4, -0.2) is 61.2 Å². The fourth-order valence-electron chi connectivity index (χ4n) is 3.14. The van der Waals surface area contributed by atoms with Crippen molar-refractivity contribution in [1.82, 2.24) is 15.1 Å². The third kappa shape index (κ3) is 4.73. The van der Waals surface area contributed by atoms with Crippen LogP contribution in [-0.2, 0) is 0 Å². The molecule has 20 heavy (non-hydrogen) atoms. The van der Waals surface area contributed by atoms with Crippen LogP contribution in [0.15, 0.2) is 0 Å². The summed E-state index contributed by atoms with van der Waals surface area (Å²) >= 11 is 0. The average molecular weight is 278 g/mol. The lowest BCUT2D eigenvalue weighted by Crippen LogP contribution is -2.44. The maximum absolute atomic E-state index is 9.37. The summed E-state index contributed by atoms with van der Waals surface area (Å²) < 4.78 is 0. The van der Waals surface area contributed by atoms with Crippen LogP contribution in [0.1, 0.15) is 45.4 Å². The SMILES string of the molecule is CN1CCC(N(C)CCCC(C)(C#N)NC2CC2)CC1. The second-order valence-electron chi connectivity index (χ2n) is 6.98. The fourth-order valence-corrected chi connectivity index (χ4v) is 3.14. The lowest BCUT2D eigenvalue weighted by Gasteiger charge is -2.35. The molecule has 1 atom stereocenters. The van der Waals surface area contributed by atoms with Gasteiger partial charge in [0.1, 0.15) is 5.54 Å². The molecular weight excluding hydrogens is 248 g/mol. The molecule has 4 heteroatoms. The molecule has 1 heterocycles. The molecule has 1 aliphatic carbocycles. The summed E-state index contributed by atoms with van der Waals surface area (Å²) in [4.78, 5) is 4.92. The van der Waals surface area contributed by atoms with Crippen LogP contribution >= 0.6 is 0 Å². The van der Waals surface area contributed by atoms with Crippen LogP contribution in [0, 0.1) is 11.3 Å². The standard InChI is InChI=1S/C16H30N4/c1-16(13-17,18-14-5-6-14)9-4-10-20(3)15-7-11-19(2)12-8-15/h14-15,18H,4-12H2,1-3H3. The number of nitriles is 1. The van der Waals surface area contributed by atoms with Gasteiger partial charge in [-0.2, -0.15) is 5.26 Å². The summed E-state index contributed by atoms with van der Waals surface area (Å²) in [7, 11) is 4.45. The minimum absolute atomic E-state index is 0.325. The predicted octanol–water partition coefficient (Wildman–Crippen LogP) is 1.83. The molecule has 1 aliphatic heterocycles. The molecule has 0 aromatic rings. The van der Waals surface area contributed by atoms with Crippen LogP contribution in [0.4, 0.5) is 0 Å². The zero-order chi connectivity index (χ0) is 14.6. The molecule has 0 radical (unpaired) electrons. The van der Waals surface area contributed by atoms with Crippen molar-refractivity contribution >= 4 is 0 Å². The third-order valence-electron chi connectivity index (χ3n) is 4.85. The van der Waals surface area contributed by atoms with Crippen molar-refractivity contribution in [3.8, 4) is 6.07 Å². The van der Waals surface area contributed by atoms with Gasteiger partial charge in [0.2, 0.25) is 0 Å². The van der Waals surface area contributed by atoms with Crippen molar-refractivity contribution in [2.75, 3.05) is 33.7 Å². The largest absolute Gasteiger partial charge is 0.306 e. The summed E-state index contributed by atoms with van der Waals surface area (Å²) in [6.45, 7) is 5.60. The van der Waals surface area contributed by atoms with E-state index in [2.05, 4.69) is 42.2 Å². The van der Waals surface area contributed by atoms with E-state index in [0.29, 0.717) is 6.04 Å². The van der Waals surface area contributed by atoms with Crippen LogP contribution in [0.2, 0.25) is 0 Å². The first kappa shape index (κ1) is 15.8. The maximum Gasteiger partial charge on any atom is 0.104 e. The summed E-state index contributed by atoms with van der Waals surface area (Å²) in [6, 6.07) is 3.81. The van der Waals surface area contributed by atoms with E-state index >= 15 is 0 Å². The van der Waals surface area contributed by atoms with E-state index in [1.807, 2.05) is 0 Å². The molecule has 4 nitrogen and oxygen atoms in total. The number of hydrogen-bond donors (Lipinski definition) is 1. The Kier molecular flexibility index (Phi) is 5.42. The first-order chi connectivity index (χ1) is 9.52. The molecule has 1 unspecified atom stereocenters. The van der Waals surface area contributed by atoms with E-state index in [-0.39, 0.29) is 5.54 Å². The zero-order valence-corrected chi connectivity index (χ0v) is 13.4. The smallest absolute Gasteiger partial charge is 0.104 e. The Bertz CT molecular complexity index is 339. The van der Waals surface area contributed by atoms with Gasteiger partial charge in [0.25, 0.3) is 0 Å². The molecule has 0 aromatic heterocycles. The monoisotopic (exact) mass is 278 g/mol. The molecule has 0 spiro atoms. The van der Waals surface area contributed by atoms with E-state index in [0.717, 1.165) is 25.4 Å². The molecule has 0 aromatic carbocycles. The van der Waals surface area contributed by atoms with Gasteiger partial charge in [0.15, 0.2) is 0 Å². The van der Waals surface area contributed by atoms with Crippen molar-refractivity contribution in [2.45, 2.75) is 63.1 Å². The van der Waals surface area contributed by atoms with Crippen molar-refractivity contribution in [3.05, 3.63) is 0 Å². The molecule has 1 N–H and O–H groups in total. The number of likely N-dealkylation sites (tertiary alicyclic amines) is 1. The van der Waals surface area contributed by atoms with E-state index in [9.17, 15) is 5.26 Å². The highest BCUT2D eigenvalue weighted by Crippen LogP contribution is 2.24. The van der Waals surface area contributed by atoms with Crippen LogP contribution in [0.5, 0.6) is 0 Å². The fraction of sp³-hybridized carbons (Fsp3) is 0.938. The Morgan fingerprint density at radius 3 is 2.50 bits per heavy atom. The van der Waals surface area contributed by atoms with E-state index in [1.54, 1.807) is 0 Å². The van der Waals surface area contributed by atoms with Gasteiger partial charge in [0.05, 0.1) is 6.07 Å². The second-order valence-corrected chi connectivity index (χ2v) is 6.98. The molecule has 114 valence electrons. The summed E-state index contributed by atoms with van der Waals surface area (Å²) in [5.41, 5.74) is -0.325. The topological polar surface area (TPSA) is 42.3 Å². The highest BCUT2D eigenvalue weighted by molar-refractivity contribution is 5.07. The minimum Gasteiger partial charge on any atom is -0.306 e. The molecule has 0 bridgehead atoms. The molecule has 2 fully saturated rings. The average Bonchev–Trinajstić information content (AvgIpc) is 3.23. The lowest BCUT2D eigenvalue weighted by atomic mass is 9.96. The minimum atomic E-state index is -0.325. The third-order valence-corrected chi connectivity index (χ3v) is 4.85. The normalized spacial score (nSPS) is 24.6. The van der Waals surface area contributed by atoms with Gasteiger partial charge in [-0.3, -0.25) is 5.32 Å². The number of hydrogen-bond acceptors (Lipinski definition) is 4. The zero-order valence-electron chi connectivity index (χ0n) is 13.4. The lowest BCUT2D eigenvalue weighted by molar-refractivity contribution is 0.141. The van der Waals surface area contributed by atoms with Crippen molar-refractivity contribution in [2.24, 2.45) is 0 Å². The summed E-state index contributed by atoms with van der Waals surface area (Å²) in [6.07, 6.45) is 7.11. The molecule has 1 saturated heterocycles. The predicted molar refractivity (Wildman–Crippen MR) is 82.6 cm³/mol. The van der Waals surface area contributed by atoms with Crippen LogP contribution in [0.3, 0.4) is 0 Å². The van der Waals surface area contributed by atoms with Crippen molar-refractivity contribution in [3.63, 3.8) is 0 Å². The Balaban J connectivity index is 1.67. The summed E-state index contributed by atoms with van der Waals surface area (Å²) in [5.74, 6) is 0. The summed E-state index contributed by atoms with van der Waals surface area (Å²) in [5, 5.41) is 12.9. The molecule has 1 saturated carbocycles. The van der Waals surface area contributed by atoms with Gasteiger partial charge in [-0.05, 0) is 79.2 Å². The van der Waals surface area contributed by atoms with Gasteiger partial charge in [-0.25, -0.2) is 0 Å². The van der Waals surface area contributed by atoms with Gasteiger partial charge in [0, 0.05) is 12.1 Å². The first-order valence-electron chi connectivity index (χ1n) is 8.10. The van der Waals surface area contributed by atoms with Crippen molar-refractivity contribution < 1.29 is 0 Å². The van der Waals surface area contributed by atoms with Gasteiger partial charge >= 0.3 is 0 Å². The van der Waals surface area contributed by atoms with Gasteiger partial charge < -0.3 is 9.80 Å². The number of nitrogens with zero attached hydrogens (tertiary/aromatic N) is 3. The number of nitrogens with one attached hydrogen (secondary N) is 1. The van der Waals surface area contributed by atoms with Crippen LogP contribution < -0.4 is 5.32 Å². The van der Waals surface area contributed by atoms with E-state index in [4.69, 9.17) is 0 Å². The Labute approximate surface area is 124 Å². The molecule has 0 amide bonds. The van der Waals surface area contributed by atoms with Crippen molar-refractivity contribution in [1.29, 1.82) is 5.26 Å². The molecule has 2 rings (SSSR count). The quantitative estimate of drug-likeness (QED) is 0.771. The molecular formula is C16H30N4.